The highest BCUT2D eigenvalue weighted by Gasteiger charge is 2.23. The van der Waals surface area contributed by atoms with Crippen molar-refractivity contribution in [2.45, 2.75) is 38.8 Å². The maximum Gasteiger partial charge on any atom is 0.409 e. The number of carbonyl (C=O) groups is 1. The molecule has 0 bridgehead atoms. The normalized spacial score (nSPS) is 17.3. The second kappa shape index (κ2) is 8.15. The minimum Gasteiger partial charge on any atom is -0.450 e. The number of nitrogens with zero attached hydrogens (tertiary/aromatic N) is 1. The largest absolute Gasteiger partial charge is 0.450 e. The van der Waals surface area contributed by atoms with Crippen LogP contribution in [0.4, 0.5) is 4.79 Å². The zero-order valence-corrected chi connectivity index (χ0v) is 13.4. The molecule has 0 radical (unpaired) electrons. The van der Waals surface area contributed by atoms with E-state index in [4.69, 9.17) is 4.74 Å². The summed E-state index contributed by atoms with van der Waals surface area (Å²) in [5, 5.41) is 13.7. The van der Waals surface area contributed by atoms with Crippen molar-refractivity contribution < 1.29 is 14.6 Å². The smallest absolute Gasteiger partial charge is 0.409 e. The average molecular weight is 306 g/mol. The number of piperidine rings is 1. The Bertz CT molecular complexity index is 485. The van der Waals surface area contributed by atoms with E-state index in [-0.39, 0.29) is 6.09 Å². The fraction of sp³-hybridized carbons (Fsp3) is 0.588. The summed E-state index contributed by atoms with van der Waals surface area (Å²) in [6.45, 7) is 6.19. The zero-order valence-electron chi connectivity index (χ0n) is 13.4. The van der Waals surface area contributed by atoms with E-state index in [0.29, 0.717) is 32.3 Å². The van der Waals surface area contributed by atoms with Crippen LogP contribution in [-0.2, 0) is 4.74 Å². The maximum absolute atomic E-state index is 11.6. The van der Waals surface area contributed by atoms with Gasteiger partial charge in [0.1, 0.15) is 0 Å². The minimum atomic E-state index is -0.496. The van der Waals surface area contributed by atoms with Crippen molar-refractivity contribution >= 4 is 6.09 Å². The summed E-state index contributed by atoms with van der Waals surface area (Å²) < 4.78 is 5.01. The summed E-state index contributed by atoms with van der Waals surface area (Å²) >= 11 is 0. The van der Waals surface area contributed by atoms with Gasteiger partial charge in [0, 0.05) is 25.7 Å². The first-order valence-electron chi connectivity index (χ1n) is 8.00. The Hall–Kier alpha value is -1.59. The average Bonchev–Trinajstić information content (AvgIpc) is 2.54. The van der Waals surface area contributed by atoms with E-state index in [0.717, 1.165) is 24.0 Å². The quantitative estimate of drug-likeness (QED) is 0.876. The van der Waals surface area contributed by atoms with Gasteiger partial charge in [0.15, 0.2) is 0 Å². The molecule has 1 atom stereocenters. The number of nitrogens with one attached hydrogen (secondary N) is 1. The molecule has 5 nitrogen and oxygen atoms in total. The summed E-state index contributed by atoms with van der Waals surface area (Å²) in [6.07, 6.45) is 1.06. The molecule has 1 aromatic rings. The Labute approximate surface area is 132 Å². The first-order chi connectivity index (χ1) is 10.6. The molecule has 2 rings (SSSR count). The molecule has 0 aromatic heterocycles. The third-order valence-corrected chi connectivity index (χ3v) is 4.17. The molecule has 1 aromatic carbocycles. The van der Waals surface area contributed by atoms with Gasteiger partial charge in [-0.05, 0) is 37.8 Å². The van der Waals surface area contributed by atoms with Crippen molar-refractivity contribution in [3.05, 3.63) is 35.4 Å². The molecule has 1 unspecified atom stereocenters. The molecule has 122 valence electrons. The standard InChI is InChI=1S/C17H26N2O3/c1-3-22-17(21)19-10-8-14(9-11-19)18-12-16(20)15-7-5-4-6-13(15)2/h4-7,14,16,18,20H,3,8-12H2,1-2H3. The van der Waals surface area contributed by atoms with Gasteiger partial charge in [-0.1, -0.05) is 24.3 Å². The van der Waals surface area contributed by atoms with Gasteiger partial charge in [0.05, 0.1) is 12.7 Å². The Morgan fingerprint density at radius 2 is 2.09 bits per heavy atom. The van der Waals surface area contributed by atoms with Crippen molar-refractivity contribution in [2.75, 3.05) is 26.2 Å². The zero-order chi connectivity index (χ0) is 15.9. The Morgan fingerprint density at radius 1 is 1.41 bits per heavy atom. The number of aryl methyl sites for hydroxylation is 1. The number of hydrogen-bond acceptors (Lipinski definition) is 4. The lowest BCUT2D eigenvalue weighted by atomic mass is 10.0. The fourth-order valence-corrected chi connectivity index (χ4v) is 2.83. The number of ether oxygens (including phenoxy) is 1. The van der Waals surface area contributed by atoms with Crippen LogP contribution in [0.1, 0.15) is 37.0 Å². The summed E-state index contributed by atoms with van der Waals surface area (Å²) in [5.74, 6) is 0. The molecule has 1 amide bonds. The van der Waals surface area contributed by atoms with E-state index in [1.165, 1.54) is 0 Å². The molecule has 22 heavy (non-hydrogen) atoms. The third-order valence-electron chi connectivity index (χ3n) is 4.17. The number of likely N-dealkylation sites (tertiary alicyclic amines) is 1. The highest BCUT2D eigenvalue weighted by molar-refractivity contribution is 5.67. The number of benzene rings is 1. The van der Waals surface area contributed by atoms with E-state index in [9.17, 15) is 9.90 Å². The number of rotatable bonds is 5. The van der Waals surface area contributed by atoms with Crippen LogP contribution in [0, 0.1) is 6.92 Å². The second-order valence-electron chi connectivity index (χ2n) is 5.74. The molecule has 1 aliphatic rings. The van der Waals surface area contributed by atoms with Crippen LogP contribution in [0.15, 0.2) is 24.3 Å². The van der Waals surface area contributed by atoms with Crippen LogP contribution >= 0.6 is 0 Å². The van der Waals surface area contributed by atoms with Gasteiger partial charge in [0.2, 0.25) is 0 Å². The van der Waals surface area contributed by atoms with Crippen LogP contribution < -0.4 is 5.32 Å². The minimum absolute atomic E-state index is 0.221. The maximum atomic E-state index is 11.6. The molecule has 0 saturated carbocycles. The molecule has 0 aliphatic carbocycles. The predicted octanol–water partition coefficient (Wildman–Crippen LogP) is 2.24. The lowest BCUT2D eigenvalue weighted by Gasteiger charge is -2.32. The van der Waals surface area contributed by atoms with Crippen LogP contribution in [0.5, 0.6) is 0 Å². The fourth-order valence-electron chi connectivity index (χ4n) is 2.83. The van der Waals surface area contributed by atoms with Gasteiger partial charge >= 0.3 is 6.09 Å². The molecule has 1 fully saturated rings. The highest BCUT2D eigenvalue weighted by Crippen LogP contribution is 2.18. The van der Waals surface area contributed by atoms with E-state index in [2.05, 4.69) is 5.32 Å². The first kappa shape index (κ1) is 16.8. The monoisotopic (exact) mass is 306 g/mol. The number of aliphatic hydroxyl groups is 1. The number of hydrogen-bond donors (Lipinski definition) is 2. The van der Waals surface area contributed by atoms with Gasteiger partial charge in [-0.2, -0.15) is 0 Å². The lowest BCUT2D eigenvalue weighted by Crippen LogP contribution is -2.45. The summed E-state index contributed by atoms with van der Waals surface area (Å²) in [7, 11) is 0. The second-order valence-corrected chi connectivity index (χ2v) is 5.74. The van der Waals surface area contributed by atoms with E-state index in [1.807, 2.05) is 38.1 Å². The topological polar surface area (TPSA) is 61.8 Å². The summed E-state index contributed by atoms with van der Waals surface area (Å²) in [4.78, 5) is 13.4. The SMILES string of the molecule is CCOC(=O)N1CCC(NCC(O)c2ccccc2C)CC1. The van der Waals surface area contributed by atoms with E-state index < -0.39 is 6.10 Å². The first-order valence-corrected chi connectivity index (χ1v) is 8.00. The highest BCUT2D eigenvalue weighted by atomic mass is 16.6. The predicted molar refractivity (Wildman–Crippen MR) is 85.8 cm³/mol. The third kappa shape index (κ3) is 4.45. The van der Waals surface area contributed by atoms with Gasteiger partial charge in [-0.25, -0.2) is 4.79 Å². The molecule has 2 N–H and O–H groups in total. The van der Waals surface area contributed by atoms with E-state index >= 15 is 0 Å². The van der Waals surface area contributed by atoms with Crippen molar-refractivity contribution in [3.8, 4) is 0 Å². The molecule has 1 saturated heterocycles. The molecule has 5 heteroatoms. The molecular weight excluding hydrogens is 280 g/mol. The lowest BCUT2D eigenvalue weighted by molar-refractivity contribution is 0.0928. The van der Waals surface area contributed by atoms with Gasteiger partial charge in [-0.3, -0.25) is 0 Å². The van der Waals surface area contributed by atoms with Crippen LogP contribution in [0.25, 0.3) is 0 Å². The summed E-state index contributed by atoms with van der Waals surface area (Å²) in [5.41, 5.74) is 2.08. The van der Waals surface area contributed by atoms with Gasteiger partial charge in [-0.15, -0.1) is 0 Å². The van der Waals surface area contributed by atoms with Gasteiger partial charge < -0.3 is 20.1 Å². The summed E-state index contributed by atoms with van der Waals surface area (Å²) in [6, 6.07) is 8.24. The van der Waals surface area contributed by atoms with Crippen LogP contribution in [0.2, 0.25) is 0 Å². The van der Waals surface area contributed by atoms with Crippen molar-refractivity contribution in [3.63, 3.8) is 0 Å². The Morgan fingerprint density at radius 3 is 2.73 bits per heavy atom. The Balaban J connectivity index is 1.75. The van der Waals surface area contributed by atoms with Crippen molar-refractivity contribution in [2.24, 2.45) is 0 Å². The molecule has 1 heterocycles. The van der Waals surface area contributed by atoms with E-state index in [1.54, 1.807) is 4.90 Å². The van der Waals surface area contributed by atoms with Crippen LogP contribution in [-0.4, -0.2) is 48.4 Å². The van der Waals surface area contributed by atoms with Crippen molar-refractivity contribution in [1.29, 1.82) is 0 Å². The van der Waals surface area contributed by atoms with Gasteiger partial charge in [0.25, 0.3) is 0 Å². The number of amides is 1. The van der Waals surface area contributed by atoms with Crippen LogP contribution in [0.3, 0.4) is 0 Å². The van der Waals surface area contributed by atoms with Crippen molar-refractivity contribution in [1.82, 2.24) is 10.2 Å². The molecule has 0 spiro atoms. The molecule has 1 aliphatic heterocycles. The number of carbonyl (C=O) groups excluding carboxylic acids is 1. The Kier molecular flexibility index (Phi) is 6.21. The number of aliphatic hydroxyl groups excluding tert-OH is 1. The molecular formula is C17H26N2O3.